The molecule has 1 saturated heterocycles. The lowest BCUT2D eigenvalue weighted by molar-refractivity contribution is -0.123. The summed E-state index contributed by atoms with van der Waals surface area (Å²) in [6.07, 6.45) is 0. The van der Waals surface area contributed by atoms with Crippen molar-refractivity contribution in [1.29, 1.82) is 0 Å². The molecule has 0 radical (unpaired) electrons. The fourth-order valence-electron chi connectivity index (χ4n) is 1.88. The summed E-state index contributed by atoms with van der Waals surface area (Å²) in [5.41, 5.74) is -0.155. The van der Waals surface area contributed by atoms with Crippen LogP contribution < -0.4 is 10.6 Å². The van der Waals surface area contributed by atoms with Crippen molar-refractivity contribution in [2.24, 2.45) is 4.99 Å². The second-order valence-electron chi connectivity index (χ2n) is 4.15. The lowest BCUT2D eigenvalue weighted by Gasteiger charge is -2.23. The Hall–Kier alpha value is -1.07. The van der Waals surface area contributed by atoms with E-state index in [9.17, 15) is 4.79 Å². The van der Waals surface area contributed by atoms with E-state index in [0.717, 1.165) is 10.0 Å². The highest BCUT2D eigenvalue weighted by molar-refractivity contribution is 9.10. The zero-order valence-corrected chi connectivity index (χ0v) is 12.4. The van der Waals surface area contributed by atoms with E-state index in [1.807, 2.05) is 19.1 Å². The zero-order chi connectivity index (χ0) is 13.3. The Bertz CT molecular complexity index is 532. The van der Waals surface area contributed by atoms with Crippen molar-refractivity contribution in [1.82, 2.24) is 10.6 Å². The number of nitrogens with one attached hydrogen (secondary N) is 2. The van der Waals surface area contributed by atoms with Gasteiger partial charge in [-0.2, -0.15) is 0 Å². The molecular weight excluding hydrogens is 318 g/mol. The first-order chi connectivity index (χ1) is 8.47. The van der Waals surface area contributed by atoms with Crippen molar-refractivity contribution in [2.45, 2.75) is 19.4 Å². The molecule has 1 aromatic carbocycles. The van der Waals surface area contributed by atoms with Gasteiger partial charge in [0.25, 0.3) is 5.91 Å². The van der Waals surface area contributed by atoms with Crippen LogP contribution in [0.1, 0.15) is 19.4 Å². The third kappa shape index (κ3) is 2.24. The third-order valence-electron chi connectivity index (χ3n) is 2.84. The Labute approximate surface area is 119 Å². The van der Waals surface area contributed by atoms with Crippen molar-refractivity contribution in [3.63, 3.8) is 0 Å². The number of guanidine groups is 1. The molecule has 1 atom stereocenters. The van der Waals surface area contributed by atoms with Gasteiger partial charge in [-0.25, -0.2) is 0 Å². The van der Waals surface area contributed by atoms with Gasteiger partial charge >= 0.3 is 0 Å². The molecule has 4 nitrogen and oxygen atoms in total. The van der Waals surface area contributed by atoms with Crippen LogP contribution in [0, 0.1) is 0 Å². The maximum absolute atomic E-state index is 12.1. The number of halogens is 2. The van der Waals surface area contributed by atoms with Gasteiger partial charge in [-0.1, -0.05) is 33.6 Å². The number of hydrogen-bond donors (Lipinski definition) is 2. The molecule has 0 bridgehead atoms. The lowest BCUT2D eigenvalue weighted by atomic mass is 9.92. The largest absolute Gasteiger partial charge is 0.338 e. The molecule has 0 spiro atoms. The zero-order valence-electron chi connectivity index (χ0n) is 10.1. The standard InChI is InChI=1S/C12H13BrClN3O/c1-3-15-11-16-10(18)12(2,17-11)8-5-4-7(13)6-9(8)14/h4-6H,3H2,1-2H3,(H2,15,16,17,18). The maximum atomic E-state index is 12.1. The molecule has 96 valence electrons. The molecule has 1 aromatic rings. The first-order valence-electron chi connectivity index (χ1n) is 5.57. The summed E-state index contributed by atoms with van der Waals surface area (Å²) in [4.78, 5) is 16.3. The molecule has 1 aliphatic rings. The lowest BCUT2D eigenvalue weighted by Crippen LogP contribution is -2.41. The van der Waals surface area contributed by atoms with Gasteiger partial charge in [0, 0.05) is 21.6 Å². The summed E-state index contributed by atoms with van der Waals surface area (Å²) in [5, 5.41) is 6.33. The monoisotopic (exact) mass is 329 g/mol. The number of benzene rings is 1. The van der Waals surface area contributed by atoms with Crippen LogP contribution in [0.4, 0.5) is 0 Å². The number of aliphatic imine (C=N–C) groups is 1. The molecule has 1 aliphatic heterocycles. The molecular formula is C12H13BrClN3O. The Balaban J connectivity index is 2.43. The highest BCUT2D eigenvalue weighted by Gasteiger charge is 2.43. The molecule has 2 N–H and O–H groups in total. The Morgan fingerprint density at radius 1 is 1.50 bits per heavy atom. The number of carbonyl (C=O) groups is 1. The van der Waals surface area contributed by atoms with Crippen molar-refractivity contribution in [3.05, 3.63) is 33.3 Å². The second-order valence-corrected chi connectivity index (χ2v) is 5.47. The van der Waals surface area contributed by atoms with E-state index in [4.69, 9.17) is 11.6 Å². The molecule has 0 aromatic heterocycles. The molecule has 6 heteroatoms. The Morgan fingerprint density at radius 3 is 2.83 bits per heavy atom. The van der Waals surface area contributed by atoms with E-state index in [2.05, 4.69) is 31.6 Å². The fraction of sp³-hybridized carbons (Fsp3) is 0.333. The van der Waals surface area contributed by atoms with Crippen LogP contribution in [0.15, 0.2) is 27.7 Å². The van der Waals surface area contributed by atoms with E-state index in [1.165, 1.54) is 0 Å². The van der Waals surface area contributed by atoms with Gasteiger partial charge in [0.1, 0.15) is 5.54 Å². The van der Waals surface area contributed by atoms with E-state index in [1.54, 1.807) is 13.0 Å². The summed E-state index contributed by atoms with van der Waals surface area (Å²) in [5.74, 6) is 0.336. The molecule has 1 fully saturated rings. The minimum Gasteiger partial charge on any atom is -0.338 e. The minimum absolute atomic E-state index is 0.154. The highest BCUT2D eigenvalue weighted by atomic mass is 79.9. The molecule has 0 saturated carbocycles. The predicted molar refractivity (Wildman–Crippen MR) is 75.8 cm³/mol. The van der Waals surface area contributed by atoms with Gasteiger partial charge in [-0.3, -0.25) is 15.1 Å². The number of nitrogens with zero attached hydrogens (tertiary/aromatic N) is 1. The number of amides is 1. The molecule has 1 unspecified atom stereocenters. The Morgan fingerprint density at radius 2 is 2.22 bits per heavy atom. The van der Waals surface area contributed by atoms with Crippen LogP contribution in [0.25, 0.3) is 0 Å². The Kier molecular flexibility index (Phi) is 3.64. The van der Waals surface area contributed by atoms with Crippen LogP contribution in [-0.2, 0) is 10.3 Å². The molecule has 1 heterocycles. The number of rotatable bonds is 2. The van der Waals surface area contributed by atoms with E-state index in [-0.39, 0.29) is 5.91 Å². The SMILES string of the molecule is CCN=C1NC(=O)C(C)(c2ccc(Br)cc2Cl)N1. The quantitative estimate of drug-likeness (QED) is 0.875. The smallest absolute Gasteiger partial charge is 0.256 e. The summed E-state index contributed by atoms with van der Waals surface area (Å²) >= 11 is 9.54. The van der Waals surface area contributed by atoms with Crippen LogP contribution in [0.3, 0.4) is 0 Å². The van der Waals surface area contributed by atoms with Gasteiger partial charge in [0.2, 0.25) is 0 Å². The van der Waals surface area contributed by atoms with Crippen LogP contribution in [-0.4, -0.2) is 18.4 Å². The highest BCUT2D eigenvalue weighted by Crippen LogP contribution is 2.32. The average molecular weight is 331 g/mol. The van der Waals surface area contributed by atoms with E-state index >= 15 is 0 Å². The van der Waals surface area contributed by atoms with Gasteiger partial charge in [0.05, 0.1) is 0 Å². The van der Waals surface area contributed by atoms with E-state index in [0.29, 0.717) is 17.5 Å². The molecule has 1 amide bonds. The summed E-state index contributed by atoms with van der Waals surface area (Å²) in [6, 6.07) is 5.45. The van der Waals surface area contributed by atoms with Gasteiger partial charge in [-0.05, 0) is 26.0 Å². The summed E-state index contributed by atoms with van der Waals surface area (Å²) in [7, 11) is 0. The van der Waals surface area contributed by atoms with Gasteiger partial charge in [0.15, 0.2) is 5.96 Å². The number of hydrogen-bond acceptors (Lipinski definition) is 2. The molecule has 2 rings (SSSR count). The van der Waals surface area contributed by atoms with Crippen molar-refractivity contribution in [3.8, 4) is 0 Å². The van der Waals surface area contributed by atoms with Crippen LogP contribution in [0.5, 0.6) is 0 Å². The van der Waals surface area contributed by atoms with E-state index < -0.39 is 5.54 Å². The molecule has 18 heavy (non-hydrogen) atoms. The van der Waals surface area contributed by atoms with Crippen molar-refractivity contribution < 1.29 is 4.79 Å². The second kappa shape index (κ2) is 4.90. The number of carbonyl (C=O) groups excluding carboxylic acids is 1. The first kappa shape index (κ1) is 13.4. The topological polar surface area (TPSA) is 53.5 Å². The van der Waals surface area contributed by atoms with Gasteiger partial charge < -0.3 is 5.32 Å². The third-order valence-corrected chi connectivity index (χ3v) is 3.65. The fourth-order valence-corrected chi connectivity index (χ4v) is 2.74. The minimum atomic E-state index is -0.883. The first-order valence-corrected chi connectivity index (χ1v) is 6.74. The van der Waals surface area contributed by atoms with Gasteiger partial charge in [-0.15, -0.1) is 0 Å². The normalized spacial score (nSPS) is 25.1. The summed E-state index contributed by atoms with van der Waals surface area (Å²) in [6.45, 7) is 4.30. The van der Waals surface area contributed by atoms with Crippen LogP contribution in [0.2, 0.25) is 5.02 Å². The van der Waals surface area contributed by atoms with Crippen LogP contribution >= 0.6 is 27.5 Å². The molecule has 0 aliphatic carbocycles. The summed E-state index contributed by atoms with van der Waals surface area (Å²) < 4.78 is 0.876. The predicted octanol–water partition coefficient (Wildman–Crippen LogP) is 2.41. The van der Waals surface area contributed by atoms with Crippen molar-refractivity contribution >= 4 is 39.4 Å². The average Bonchev–Trinajstić information content (AvgIpc) is 2.55. The maximum Gasteiger partial charge on any atom is 0.256 e. The van der Waals surface area contributed by atoms with Crippen molar-refractivity contribution in [2.75, 3.05) is 6.54 Å².